The SMILES string of the molecule is CS(=O)(=O)N1c2ccccc2CC1c1cc(-c2ccccc2OCc2ccccc2)ncn1. The van der Waals surface area contributed by atoms with Gasteiger partial charge in [0.15, 0.2) is 0 Å². The fraction of sp³-hybridized carbons (Fsp3) is 0.154. The van der Waals surface area contributed by atoms with Crippen LogP contribution in [0.4, 0.5) is 5.69 Å². The Labute approximate surface area is 193 Å². The molecule has 2 heterocycles. The molecule has 0 radical (unpaired) electrons. The summed E-state index contributed by atoms with van der Waals surface area (Å²) in [6, 6.07) is 26.7. The second kappa shape index (κ2) is 8.67. The van der Waals surface area contributed by atoms with Crippen molar-refractivity contribution in [3.05, 3.63) is 108 Å². The van der Waals surface area contributed by atoms with Gasteiger partial charge in [-0.2, -0.15) is 0 Å². The van der Waals surface area contributed by atoms with Crippen molar-refractivity contribution in [3.63, 3.8) is 0 Å². The molecule has 5 rings (SSSR count). The Kier molecular flexibility index (Phi) is 5.56. The molecule has 0 spiro atoms. The van der Waals surface area contributed by atoms with E-state index in [9.17, 15) is 8.42 Å². The lowest BCUT2D eigenvalue weighted by atomic mass is 10.0. The molecule has 0 N–H and O–H groups in total. The average Bonchev–Trinajstić information content (AvgIpc) is 3.24. The maximum absolute atomic E-state index is 12.7. The van der Waals surface area contributed by atoms with Crippen LogP contribution in [0.1, 0.15) is 22.9 Å². The van der Waals surface area contributed by atoms with E-state index in [0.29, 0.717) is 35.9 Å². The molecule has 6 nitrogen and oxygen atoms in total. The van der Waals surface area contributed by atoms with Gasteiger partial charge in [-0.25, -0.2) is 18.4 Å². The molecule has 166 valence electrons. The largest absolute Gasteiger partial charge is 0.488 e. The minimum Gasteiger partial charge on any atom is -0.488 e. The smallest absolute Gasteiger partial charge is 0.232 e. The summed E-state index contributed by atoms with van der Waals surface area (Å²) >= 11 is 0. The molecule has 33 heavy (non-hydrogen) atoms. The maximum atomic E-state index is 12.7. The Hall–Kier alpha value is -3.71. The number of fused-ring (bicyclic) bond motifs is 1. The van der Waals surface area contributed by atoms with Crippen molar-refractivity contribution in [1.29, 1.82) is 0 Å². The highest BCUT2D eigenvalue weighted by atomic mass is 32.2. The summed E-state index contributed by atoms with van der Waals surface area (Å²) in [5, 5.41) is 0. The fourth-order valence-corrected chi connectivity index (χ4v) is 5.41. The molecule has 4 aromatic rings. The first-order chi connectivity index (χ1) is 16.0. The Morgan fingerprint density at radius 3 is 2.48 bits per heavy atom. The van der Waals surface area contributed by atoms with E-state index in [4.69, 9.17) is 4.74 Å². The van der Waals surface area contributed by atoms with Crippen molar-refractivity contribution in [3.8, 4) is 17.0 Å². The lowest BCUT2D eigenvalue weighted by Gasteiger charge is -2.25. The van der Waals surface area contributed by atoms with Crippen LogP contribution < -0.4 is 9.04 Å². The summed E-state index contributed by atoms with van der Waals surface area (Å²) < 4.78 is 32.9. The molecule has 0 bridgehead atoms. The maximum Gasteiger partial charge on any atom is 0.232 e. The van der Waals surface area contributed by atoms with Crippen LogP contribution in [0, 0.1) is 0 Å². The van der Waals surface area contributed by atoms with Gasteiger partial charge in [-0.1, -0.05) is 60.7 Å². The van der Waals surface area contributed by atoms with Gasteiger partial charge in [0.25, 0.3) is 0 Å². The first-order valence-corrected chi connectivity index (χ1v) is 12.5. The molecule has 1 unspecified atom stereocenters. The van der Waals surface area contributed by atoms with Crippen LogP contribution in [0.15, 0.2) is 91.3 Å². The minimum absolute atomic E-state index is 0.420. The Morgan fingerprint density at radius 1 is 0.939 bits per heavy atom. The van der Waals surface area contributed by atoms with E-state index < -0.39 is 16.1 Å². The van der Waals surface area contributed by atoms with Crippen LogP contribution in [0.5, 0.6) is 5.75 Å². The molecule has 0 saturated carbocycles. The van der Waals surface area contributed by atoms with Gasteiger partial charge in [-0.15, -0.1) is 0 Å². The number of ether oxygens (including phenoxy) is 1. The van der Waals surface area contributed by atoms with Gasteiger partial charge in [-0.05, 0) is 35.4 Å². The van der Waals surface area contributed by atoms with Gasteiger partial charge in [-0.3, -0.25) is 4.31 Å². The van der Waals surface area contributed by atoms with Crippen molar-refractivity contribution < 1.29 is 13.2 Å². The topological polar surface area (TPSA) is 72.4 Å². The summed E-state index contributed by atoms with van der Waals surface area (Å²) in [4.78, 5) is 8.93. The van der Waals surface area contributed by atoms with Gasteiger partial charge in [0.1, 0.15) is 18.7 Å². The van der Waals surface area contributed by atoms with Crippen molar-refractivity contribution in [1.82, 2.24) is 9.97 Å². The molecular formula is C26H23N3O3S. The monoisotopic (exact) mass is 457 g/mol. The summed E-state index contributed by atoms with van der Waals surface area (Å²) in [6.07, 6.45) is 3.28. The molecule has 1 atom stereocenters. The van der Waals surface area contributed by atoms with E-state index in [1.54, 1.807) is 0 Å². The Bertz CT molecular complexity index is 1390. The zero-order chi connectivity index (χ0) is 22.8. The highest BCUT2D eigenvalue weighted by Gasteiger charge is 2.37. The van der Waals surface area contributed by atoms with Gasteiger partial charge in [0.05, 0.1) is 29.4 Å². The second-order valence-corrected chi connectivity index (χ2v) is 9.87. The van der Waals surface area contributed by atoms with Crippen LogP contribution in [-0.4, -0.2) is 24.6 Å². The van der Waals surface area contributed by atoms with Crippen LogP contribution >= 0.6 is 0 Å². The third-order valence-electron chi connectivity index (χ3n) is 5.71. The van der Waals surface area contributed by atoms with Crippen LogP contribution in [0.25, 0.3) is 11.3 Å². The number of hydrogen-bond acceptors (Lipinski definition) is 5. The number of anilines is 1. The third kappa shape index (κ3) is 4.32. The molecule has 0 saturated heterocycles. The van der Waals surface area contributed by atoms with E-state index in [2.05, 4.69) is 9.97 Å². The fourth-order valence-electron chi connectivity index (χ4n) is 4.23. The van der Waals surface area contributed by atoms with Gasteiger partial charge in [0.2, 0.25) is 10.0 Å². The molecule has 1 aliphatic rings. The van der Waals surface area contributed by atoms with E-state index in [1.807, 2.05) is 84.9 Å². The molecule has 1 aliphatic heterocycles. The summed E-state index contributed by atoms with van der Waals surface area (Å²) in [6.45, 7) is 0.440. The van der Waals surface area contributed by atoms with E-state index in [-0.39, 0.29) is 0 Å². The van der Waals surface area contributed by atoms with Gasteiger partial charge in [0, 0.05) is 12.0 Å². The number of hydrogen-bond donors (Lipinski definition) is 0. The Balaban J connectivity index is 1.49. The molecule has 0 fully saturated rings. The summed E-state index contributed by atoms with van der Waals surface area (Å²) in [5.74, 6) is 0.709. The second-order valence-electron chi connectivity index (χ2n) is 8.01. The quantitative estimate of drug-likeness (QED) is 0.416. The lowest BCUT2D eigenvalue weighted by molar-refractivity contribution is 0.307. The molecule has 0 aliphatic carbocycles. The van der Waals surface area contributed by atoms with Crippen molar-refractivity contribution in [2.45, 2.75) is 19.1 Å². The number of sulfonamides is 1. The number of nitrogens with zero attached hydrogens (tertiary/aromatic N) is 3. The first-order valence-electron chi connectivity index (χ1n) is 10.7. The average molecular weight is 458 g/mol. The predicted molar refractivity (Wildman–Crippen MR) is 128 cm³/mol. The van der Waals surface area contributed by atoms with E-state index >= 15 is 0 Å². The number of aromatic nitrogens is 2. The zero-order valence-corrected chi connectivity index (χ0v) is 18.9. The molecule has 7 heteroatoms. The molecule has 3 aromatic carbocycles. The van der Waals surface area contributed by atoms with Gasteiger partial charge < -0.3 is 4.74 Å². The summed E-state index contributed by atoms with van der Waals surface area (Å²) in [5.41, 5.74) is 4.94. The standard InChI is InChI=1S/C26H23N3O3S/c1-33(30,31)29-24-13-7-5-11-20(24)15-25(29)23-16-22(27-18-28-23)21-12-6-8-14-26(21)32-17-19-9-3-2-4-10-19/h2-14,16,18,25H,15,17H2,1H3. The Morgan fingerprint density at radius 2 is 1.67 bits per heavy atom. The summed E-state index contributed by atoms with van der Waals surface area (Å²) in [7, 11) is -3.49. The number of rotatable bonds is 6. The third-order valence-corrected chi connectivity index (χ3v) is 6.88. The molecule has 0 amide bonds. The first kappa shape index (κ1) is 21.2. The van der Waals surface area contributed by atoms with Crippen molar-refractivity contribution in [2.24, 2.45) is 0 Å². The lowest BCUT2D eigenvalue weighted by Crippen LogP contribution is -2.31. The van der Waals surface area contributed by atoms with Crippen LogP contribution in [-0.2, 0) is 23.1 Å². The van der Waals surface area contributed by atoms with E-state index in [1.165, 1.54) is 16.9 Å². The van der Waals surface area contributed by atoms with Crippen molar-refractivity contribution in [2.75, 3.05) is 10.6 Å². The normalized spacial score (nSPS) is 15.3. The highest BCUT2D eigenvalue weighted by molar-refractivity contribution is 7.92. The zero-order valence-electron chi connectivity index (χ0n) is 18.1. The predicted octanol–water partition coefficient (Wildman–Crippen LogP) is 4.79. The number of para-hydroxylation sites is 2. The van der Waals surface area contributed by atoms with Crippen LogP contribution in [0.2, 0.25) is 0 Å². The molecular weight excluding hydrogens is 434 g/mol. The number of benzene rings is 3. The van der Waals surface area contributed by atoms with Crippen LogP contribution in [0.3, 0.4) is 0 Å². The minimum atomic E-state index is -3.49. The van der Waals surface area contributed by atoms with E-state index in [0.717, 1.165) is 16.7 Å². The van der Waals surface area contributed by atoms with Crippen molar-refractivity contribution >= 4 is 15.7 Å². The molecule has 1 aromatic heterocycles. The highest BCUT2D eigenvalue weighted by Crippen LogP contribution is 2.42. The van der Waals surface area contributed by atoms with Gasteiger partial charge >= 0.3 is 0 Å².